The van der Waals surface area contributed by atoms with Gasteiger partial charge in [0.25, 0.3) is 0 Å². The molecule has 0 amide bonds. The van der Waals surface area contributed by atoms with Crippen molar-refractivity contribution in [2.45, 2.75) is 39.8 Å². The zero-order valence-corrected chi connectivity index (χ0v) is 10.2. The number of hydrogen-bond donors (Lipinski definition) is 0. The van der Waals surface area contributed by atoms with Crippen LogP contribution in [0.3, 0.4) is 0 Å². The van der Waals surface area contributed by atoms with Crippen molar-refractivity contribution in [3.63, 3.8) is 0 Å². The van der Waals surface area contributed by atoms with Crippen molar-refractivity contribution in [3.05, 3.63) is 41.1 Å². The SMILES string of the molecule is CC[N+]([O-])(Cc1ccccc1)C(C)(C)C. The molecule has 0 saturated carbocycles. The molecule has 0 spiro atoms. The summed E-state index contributed by atoms with van der Waals surface area (Å²) in [6, 6.07) is 9.99. The Morgan fingerprint density at radius 2 is 1.67 bits per heavy atom. The molecule has 0 aliphatic carbocycles. The van der Waals surface area contributed by atoms with Gasteiger partial charge in [-0.25, -0.2) is 0 Å². The van der Waals surface area contributed by atoms with Gasteiger partial charge in [-0.3, -0.25) is 0 Å². The smallest absolute Gasteiger partial charge is 0.104 e. The maximum Gasteiger partial charge on any atom is 0.104 e. The Kier molecular flexibility index (Phi) is 3.53. The fourth-order valence-corrected chi connectivity index (χ4v) is 1.70. The van der Waals surface area contributed by atoms with E-state index in [0.29, 0.717) is 13.1 Å². The van der Waals surface area contributed by atoms with Crippen molar-refractivity contribution in [1.29, 1.82) is 0 Å². The van der Waals surface area contributed by atoms with Gasteiger partial charge in [0.1, 0.15) is 6.54 Å². The molecule has 2 nitrogen and oxygen atoms in total. The van der Waals surface area contributed by atoms with E-state index in [1.54, 1.807) is 0 Å². The van der Waals surface area contributed by atoms with E-state index in [4.69, 9.17) is 0 Å². The lowest BCUT2D eigenvalue weighted by molar-refractivity contribution is -0.937. The molecule has 0 aliphatic heterocycles. The predicted octanol–water partition coefficient (Wildman–Crippen LogP) is 3.32. The summed E-state index contributed by atoms with van der Waals surface area (Å²) in [7, 11) is 0. The average Bonchev–Trinajstić information content (AvgIpc) is 2.17. The van der Waals surface area contributed by atoms with Crippen molar-refractivity contribution in [2.75, 3.05) is 6.54 Å². The van der Waals surface area contributed by atoms with Crippen LogP contribution in [0.2, 0.25) is 0 Å². The van der Waals surface area contributed by atoms with E-state index in [9.17, 15) is 5.21 Å². The van der Waals surface area contributed by atoms with Crippen molar-refractivity contribution >= 4 is 0 Å². The molecule has 1 aromatic rings. The van der Waals surface area contributed by atoms with Crippen LogP contribution >= 0.6 is 0 Å². The predicted molar refractivity (Wildman–Crippen MR) is 64.1 cm³/mol. The highest BCUT2D eigenvalue weighted by atomic mass is 16.5. The van der Waals surface area contributed by atoms with Gasteiger partial charge >= 0.3 is 0 Å². The van der Waals surface area contributed by atoms with Crippen LogP contribution in [0.1, 0.15) is 33.3 Å². The largest absolute Gasteiger partial charge is 0.632 e. The highest BCUT2D eigenvalue weighted by Crippen LogP contribution is 2.26. The molecular weight excluding hydrogens is 186 g/mol. The molecule has 0 fully saturated rings. The Balaban J connectivity index is 2.87. The number of benzene rings is 1. The molecule has 0 saturated heterocycles. The maximum absolute atomic E-state index is 12.6. The molecule has 1 unspecified atom stereocenters. The van der Waals surface area contributed by atoms with E-state index in [1.807, 2.05) is 58.0 Å². The van der Waals surface area contributed by atoms with E-state index in [-0.39, 0.29) is 10.2 Å². The normalized spacial score (nSPS) is 16.1. The van der Waals surface area contributed by atoms with Crippen molar-refractivity contribution in [2.24, 2.45) is 0 Å². The first-order valence-electron chi connectivity index (χ1n) is 5.51. The number of quaternary nitrogens is 1. The Morgan fingerprint density at radius 1 is 1.13 bits per heavy atom. The second kappa shape index (κ2) is 4.33. The van der Waals surface area contributed by atoms with Gasteiger partial charge in [0.2, 0.25) is 0 Å². The van der Waals surface area contributed by atoms with Gasteiger partial charge in [-0.15, -0.1) is 0 Å². The van der Waals surface area contributed by atoms with E-state index in [2.05, 4.69) is 0 Å². The summed E-state index contributed by atoms with van der Waals surface area (Å²) in [5.41, 5.74) is 0.856. The quantitative estimate of drug-likeness (QED) is 0.551. The maximum atomic E-state index is 12.6. The lowest BCUT2D eigenvalue weighted by atomic mass is 10.0. The van der Waals surface area contributed by atoms with E-state index < -0.39 is 0 Å². The second-order valence-electron chi connectivity index (χ2n) is 5.02. The van der Waals surface area contributed by atoms with Crippen LogP contribution in [0.15, 0.2) is 30.3 Å². The van der Waals surface area contributed by atoms with E-state index in [1.165, 1.54) is 0 Å². The third-order valence-electron chi connectivity index (χ3n) is 3.01. The zero-order valence-electron chi connectivity index (χ0n) is 10.2. The molecule has 1 rings (SSSR count). The van der Waals surface area contributed by atoms with E-state index >= 15 is 0 Å². The monoisotopic (exact) mass is 207 g/mol. The molecule has 0 heterocycles. The van der Waals surface area contributed by atoms with Crippen molar-refractivity contribution in [1.82, 2.24) is 0 Å². The standard InChI is InChI=1S/C13H21NO/c1-5-14(15,13(2,3)4)11-12-9-7-6-8-10-12/h6-10H,5,11H2,1-4H3. The fraction of sp³-hybridized carbons (Fsp3) is 0.538. The molecule has 0 radical (unpaired) electrons. The summed E-state index contributed by atoms with van der Waals surface area (Å²) in [5.74, 6) is 0. The topological polar surface area (TPSA) is 23.1 Å². The number of hydroxylamine groups is 3. The van der Waals surface area contributed by atoms with Gasteiger partial charge < -0.3 is 9.85 Å². The third kappa shape index (κ3) is 2.80. The summed E-state index contributed by atoms with van der Waals surface area (Å²) < 4.78 is -0.170. The lowest BCUT2D eigenvalue weighted by Gasteiger charge is -2.52. The molecule has 0 bridgehead atoms. The Bertz CT molecular complexity index is 302. The molecule has 0 aromatic heterocycles. The van der Waals surface area contributed by atoms with Crippen LogP contribution in [0, 0.1) is 5.21 Å². The second-order valence-corrected chi connectivity index (χ2v) is 5.02. The number of nitrogens with zero attached hydrogens (tertiary/aromatic N) is 1. The summed E-state index contributed by atoms with van der Waals surface area (Å²) in [5, 5.41) is 12.6. The summed E-state index contributed by atoms with van der Waals surface area (Å²) in [6.07, 6.45) is 0. The molecule has 15 heavy (non-hydrogen) atoms. The summed E-state index contributed by atoms with van der Waals surface area (Å²) >= 11 is 0. The third-order valence-corrected chi connectivity index (χ3v) is 3.01. The highest BCUT2D eigenvalue weighted by Gasteiger charge is 2.30. The summed E-state index contributed by atoms with van der Waals surface area (Å²) in [4.78, 5) is 0. The van der Waals surface area contributed by atoms with Crippen molar-refractivity contribution < 1.29 is 4.65 Å². The lowest BCUT2D eigenvalue weighted by Crippen LogP contribution is -2.54. The van der Waals surface area contributed by atoms with Crippen LogP contribution in [0.4, 0.5) is 0 Å². The fourth-order valence-electron chi connectivity index (χ4n) is 1.70. The molecule has 84 valence electrons. The minimum Gasteiger partial charge on any atom is -0.632 e. The van der Waals surface area contributed by atoms with Gasteiger partial charge in [-0.1, -0.05) is 30.3 Å². The van der Waals surface area contributed by atoms with Gasteiger partial charge in [0, 0.05) is 5.56 Å². The van der Waals surface area contributed by atoms with Gasteiger partial charge in [-0.05, 0) is 27.7 Å². The van der Waals surface area contributed by atoms with Crippen molar-refractivity contribution in [3.8, 4) is 0 Å². The molecule has 0 N–H and O–H groups in total. The van der Waals surface area contributed by atoms with Gasteiger partial charge in [-0.2, -0.15) is 0 Å². The first kappa shape index (κ1) is 12.2. The first-order chi connectivity index (χ1) is 6.89. The average molecular weight is 207 g/mol. The Hall–Kier alpha value is -0.860. The molecule has 1 aromatic carbocycles. The minimum atomic E-state index is -0.259. The van der Waals surface area contributed by atoms with Crippen LogP contribution in [0.5, 0.6) is 0 Å². The van der Waals surface area contributed by atoms with Gasteiger partial charge in [0.05, 0.1) is 12.1 Å². The van der Waals surface area contributed by atoms with Crippen LogP contribution in [-0.4, -0.2) is 16.7 Å². The van der Waals surface area contributed by atoms with Gasteiger partial charge in [0.15, 0.2) is 0 Å². The number of hydrogen-bond acceptors (Lipinski definition) is 1. The first-order valence-corrected chi connectivity index (χ1v) is 5.51. The molecule has 0 aliphatic rings. The van der Waals surface area contributed by atoms with Crippen LogP contribution < -0.4 is 0 Å². The van der Waals surface area contributed by atoms with Crippen LogP contribution in [-0.2, 0) is 6.54 Å². The van der Waals surface area contributed by atoms with Crippen LogP contribution in [0.25, 0.3) is 0 Å². The Morgan fingerprint density at radius 3 is 2.07 bits per heavy atom. The molecule has 1 atom stereocenters. The summed E-state index contributed by atoms with van der Waals surface area (Å²) in [6.45, 7) is 9.14. The number of rotatable bonds is 3. The van der Waals surface area contributed by atoms with E-state index in [0.717, 1.165) is 5.56 Å². The zero-order chi connectivity index (χ0) is 11.5. The molecular formula is C13H21NO. The molecule has 2 heteroatoms. The Labute approximate surface area is 92.7 Å². The highest BCUT2D eigenvalue weighted by molar-refractivity contribution is 5.13. The minimum absolute atomic E-state index is 0.170.